The highest BCUT2D eigenvalue weighted by molar-refractivity contribution is 6.03. The summed E-state index contributed by atoms with van der Waals surface area (Å²) < 4.78 is 25.9. The van der Waals surface area contributed by atoms with E-state index in [1.54, 1.807) is 19.3 Å². The number of aliphatic hydroxyl groups is 2. The number of benzene rings is 2. The average molecular weight is 745 g/mol. The minimum atomic E-state index is -1.29. The maximum Gasteiger partial charge on any atom is 0.239 e. The van der Waals surface area contributed by atoms with Gasteiger partial charge >= 0.3 is 0 Å². The molecule has 5 rings (SSSR count). The molecule has 2 aromatic carbocycles. The summed E-state index contributed by atoms with van der Waals surface area (Å²) in [6.45, 7) is 13.6. The Labute approximate surface area is 321 Å². The quantitative estimate of drug-likeness (QED) is 0.0728. The molecular weight excluding hydrogens is 684 g/mol. The Bertz CT molecular complexity index is 1620. The number of ether oxygens (including phenoxy) is 4. The molecule has 54 heavy (non-hydrogen) atoms. The number of nitrogens with zero attached hydrogens (tertiary/aromatic N) is 2. The lowest BCUT2D eigenvalue weighted by Crippen LogP contribution is -2.70. The largest absolute Gasteiger partial charge is 0.497 e. The smallest absolute Gasteiger partial charge is 0.239 e. The Morgan fingerprint density at radius 3 is 2.50 bits per heavy atom. The molecule has 1 fully saturated rings. The molecule has 1 aliphatic heterocycles. The molecule has 6 atom stereocenters. The van der Waals surface area contributed by atoms with Crippen LogP contribution in [0.2, 0.25) is 0 Å². The fraction of sp³-hybridized carbons (Fsp3) is 0.545. The number of carbonyl (C=O) groups is 1. The zero-order chi connectivity index (χ0) is 38.5. The van der Waals surface area contributed by atoms with Crippen molar-refractivity contribution in [3.8, 4) is 17.2 Å². The standard InChI is InChI=1S/C44H60N2O8/c1-6-21-46(41(49)27-31-15-14-17-33(26-31)50-5)40-30-38(45-53-9-4)36-28-32(16-10-12-22-47)35(18-11-13-23-48)42-37-29-34(51-24-7-2)19-20-39(37)54-44(40,43(36)42)52-25-8-3/h7-8,14-15,17,19-20,26,28-29,32,35,40,42-43,47-48H,2-3,6,9-13,16,18,21-25,27,30H2,1,4-5H3. The number of carbonyl (C=O) groups excluding carboxylic acids is 1. The second kappa shape index (κ2) is 20.0. The number of oxime groups is 1. The SMILES string of the molecule is C=CCOc1ccc2c(c1)C1C(CCCCO)C(CCCCO)C=C3C(=NOCC)CC(N(CCC)C(=O)Cc4cccc(OC)c4)C(OCC=C)(O2)C31. The Hall–Kier alpha value is -4.12. The number of fused-ring (bicyclic) bond motifs is 2. The van der Waals surface area contributed by atoms with Crippen molar-refractivity contribution in [3.63, 3.8) is 0 Å². The highest BCUT2D eigenvalue weighted by Gasteiger charge is 2.65. The molecule has 6 unspecified atom stereocenters. The van der Waals surface area contributed by atoms with E-state index in [2.05, 4.69) is 32.2 Å². The van der Waals surface area contributed by atoms with Crippen LogP contribution in [0.4, 0.5) is 0 Å². The van der Waals surface area contributed by atoms with E-state index in [9.17, 15) is 15.0 Å². The number of allylic oxidation sites excluding steroid dienone is 1. The van der Waals surface area contributed by atoms with Gasteiger partial charge in [0.05, 0.1) is 31.8 Å². The molecule has 1 amide bonds. The summed E-state index contributed by atoms with van der Waals surface area (Å²) >= 11 is 0. The van der Waals surface area contributed by atoms with Crippen LogP contribution in [0.25, 0.3) is 0 Å². The average Bonchev–Trinajstić information content (AvgIpc) is 3.19. The Morgan fingerprint density at radius 1 is 1.02 bits per heavy atom. The maximum atomic E-state index is 14.7. The van der Waals surface area contributed by atoms with E-state index in [0.717, 1.165) is 60.3 Å². The van der Waals surface area contributed by atoms with Crippen LogP contribution in [-0.4, -0.2) is 85.2 Å². The summed E-state index contributed by atoms with van der Waals surface area (Å²) in [4.78, 5) is 22.5. The molecule has 0 spiro atoms. The summed E-state index contributed by atoms with van der Waals surface area (Å²) in [5.41, 5.74) is 3.68. The lowest BCUT2D eigenvalue weighted by Gasteiger charge is -2.60. The lowest BCUT2D eigenvalue weighted by molar-refractivity contribution is -0.257. The van der Waals surface area contributed by atoms with Gasteiger partial charge in [-0.2, -0.15) is 0 Å². The fourth-order valence-corrected chi connectivity index (χ4v) is 8.79. The molecular formula is C44H60N2O8. The van der Waals surface area contributed by atoms with Crippen LogP contribution >= 0.6 is 0 Å². The Balaban J connectivity index is 1.75. The molecule has 10 heteroatoms. The van der Waals surface area contributed by atoms with Gasteiger partial charge in [0.15, 0.2) is 0 Å². The minimum Gasteiger partial charge on any atom is -0.497 e. The predicted octanol–water partition coefficient (Wildman–Crippen LogP) is 7.39. The van der Waals surface area contributed by atoms with Crippen LogP contribution in [0, 0.1) is 17.8 Å². The van der Waals surface area contributed by atoms with Gasteiger partial charge in [0.2, 0.25) is 11.7 Å². The van der Waals surface area contributed by atoms with E-state index in [-0.39, 0.29) is 55.8 Å². The molecule has 1 saturated carbocycles. The maximum absolute atomic E-state index is 14.7. The first kappa shape index (κ1) is 41.1. The van der Waals surface area contributed by atoms with Crippen LogP contribution in [0.15, 0.2) is 84.6 Å². The van der Waals surface area contributed by atoms with Gasteiger partial charge in [-0.3, -0.25) is 4.79 Å². The third-order valence-corrected chi connectivity index (χ3v) is 11.0. The van der Waals surface area contributed by atoms with E-state index in [0.29, 0.717) is 50.5 Å². The van der Waals surface area contributed by atoms with E-state index < -0.39 is 11.8 Å². The van der Waals surface area contributed by atoms with Crippen molar-refractivity contribution in [1.29, 1.82) is 0 Å². The molecule has 0 bridgehead atoms. The number of hydrogen-bond acceptors (Lipinski definition) is 9. The zero-order valence-electron chi connectivity index (χ0n) is 32.4. The number of aliphatic hydroxyl groups excluding tert-OH is 2. The first-order valence-electron chi connectivity index (χ1n) is 19.8. The van der Waals surface area contributed by atoms with Crippen molar-refractivity contribution in [3.05, 3.63) is 90.6 Å². The summed E-state index contributed by atoms with van der Waals surface area (Å²) in [6.07, 6.45) is 12.0. The van der Waals surface area contributed by atoms with Crippen molar-refractivity contribution >= 4 is 11.6 Å². The van der Waals surface area contributed by atoms with Gasteiger partial charge in [-0.15, -0.1) is 6.58 Å². The third-order valence-electron chi connectivity index (χ3n) is 11.0. The normalized spacial score (nSPS) is 24.7. The second-order valence-corrected chi connectivity index (χ2v) is 14.4. The molecule has 0 radical (unpaired) electrons. The van der Waals surface area contributed by atoms with Gasteiger partial charge in [-0.1, -0.05) is 61.9 Å². The molecule has 0 saturated heterocycles. The number of unbranched alkanes of at least 4 members (excludes halogenated alkanes) is 2. The van der Waals surface area contributed by atoms with Gasteiger partial charge in [-0.05, 0) is 92.3 Å². The fourth-order valence-electron chi connectivity index (χ4n) is 8.79. The van der Waals surface area contributed by atoms with Crippen molar-refractivity contribution in [1.82, 2.24) is 4.90 Å². The topological polar surface area (TPSA) is 119 Å². The lowest BCUT2D eigenvalue weighted by atomic mass is 9.55. The summed E-state index contributed by atoms with van der Waals surface area (Å²) in [6, 6.07) is 13.0. The zero-order valence-corrected chi connectivity index (χ0v) is 32.4. The second-order valence-electron chi connectivity index (χ2n) is 14.4. The van der Waals surface area contributed by atoms with Crippen LogP contribution in [0.5, 0.6) is 17.2 Å². The predicted molar refractivity (Wildman–Crippen MR) is 211 cm³/mol. The molecule has 2 N–H and O–H groups in total. The number of methoxy groups -OCH3 is 1. The van der Waals surface area contributed by atoms with Crippen molar-refractivity contribution in [2.24, 2.45) is 22.9 Å². The third kappa shape index (κ3) is 9.04. The number of rotatable bonds is 22. The first-order chi connectivity index (χ1) is 26.4. The molecule has 3 aliphatic rings. The van der Waals surface area contributed by atoms with Crippen molar-refractivity contribution in [2.45, 2.75) is 89.4 Å². The minimum absolute atomic E-state index is 0.0452. The van der Waals surface area contributed by atoms with E-state index in [4.69, 9.17) is 28.9 Å². The van der Waals surface area contributed by atoms with E-state index in [1.165, 1.54) is 0 Å². The summed E-state index contributed by atoms with van der Waals surface area (Å²) in [7, 11) is 1.62. The van der Waals surface area contributed by atoms with E-state index >= 15 is 0 Å². The van der Waals surface area contributed by atoms with Crippen LogP contribution < -0.4 is 14.2 Å². The van der Waals surface area contributed by atoms with Gasteiger partial charge in [0.25, 0.3) is 0 Å². The summed E-state index contributed by atoms with van der Waals surface area (Å²) in [5, 5.41) is 24.4. The van der Waals surface area contributed by atoms with Gasteiger partial charge in [0, 0.05) is 37.7 Å². The van der Waals surface area contributed by atoms with E-state index in [1.807, 2.05) is 48.2 Å². The molecule has 2 aromatic rings. The molecule has 1 heterocycles. The summed E-state index contributed by atoms with van der Waals surface area (Å²) in [5.74, 6) is 0.569. The van der Waals surface area contributed by atoms with Gasteiger partial charge in [-0.25, -0.2) is 0 Å². The van der Waals surface area contributed by atoms with Gasteiger partial charge < -0.3 is 38.9 Å². The van der Waals surface area contributed by atoms with Gasteiger partial charge in [0.1, 0.15) is 36.5 Å². The Morgan fingerprint density at radius 2 is 1.80 bits per heavy atom. The van der Waals surface area contributed by atoms with Crippen molar-refractivity contribution < 1.29 is 38.8 Å². The van der Waals surface area contributed by atoms with Crippen LogP contribution in [-0.2, 0) is 20.8 Å². The molecule has 294 valence electrons. The number of amides is 1. The molecule has 0 aromatic heterocycles. The van der Waals surface area contributed by atoms with Crippen molar-refractivity contribution in [2.75, 3.05) is 46.7 Å². The molecule has 2 aliphatic carbocycles. The monoisotopic (exact) mass is 744 g/mol. The number of hydrogen-bond donors (Lipinski definition) is 2. The highest BCUT2D eigenvalue weighted by Crippen LogP contribution is 2.62. The molecule has 10 nitrogen and oxygen atoms in total. The Kier molecular flexibility index (Phi) is 15.2. The highest BCUT2D eigenvalue weighted by atomic mass is 16.7. The van der Waals surface area contributed by atoms with Crippen LogP contribution in [0.3, 0.4) is 0 Å². The van der Waals surface area contributed by atoms with Crippen LogP contribution in [0.1, 0.15) is 82.3 Å². The first-order valence-corrected chi connectivity index (χ1v) is 19.8.